The van der Waals surface area contributed by atoms with E-state index in [0.29, 0.717) is 19.0 Å². The Morgan fingerprint density at radius 1 is 1.22 bits per heavy atom. The first-order valence-corrected chi connectivity index (χ1v) is 6.40. The highest BCUT2D eigenvalue weighted by molar-refractivity contribution is 5.78. The Morgan fingerprint density at radius 3 is 2.17 bits per heavy atom. The number of rotatable bonds is 7. The van der Waals surface area contributed by atoms with Crippen LogP contribution in [0.25, 0.3) is 0 Å². The van der Waals surface area contributed by atoms with E-state index in [1.54, 1.807) is 4.90 Å². The number of carboxylic acids is 1. The molecule has 0 saturated heterocycles. The van der Waals surface area contributed by atoms with Gasteiger partial charge in [0.05, 0.1) is 6.42 Å². The van der Waals surface area contributed by atoms with Gasteiger partial charge in [-0.15, -0.1) is 0 Å². The van der Waals surface area contributed by atoms with Gasteiger partial charge >= 0.3 is 5.97 Å². The molecule has 0 aromatic rings. The lowest BCUT2D eigenvalue weighted by Gasteiger charge is -2.35. The van der Waals surface area contributed by atoms with Crippen molar-refractivity contribution in [2.24, 2.45) is 0 Å². The SMILES string of the molecule is CC(C)NCCC(=O)N(CCC(=O)O)C(C)(C)C. The number of nitrogens with zero attached hydrogens (tertiary/aromatic N) is 1. The summed E-state index contributed by atoms with van der Waals surface area (Å²) >= 11 is 0. The monoisotopic (exact) mass is 258 g/mol. The minimum absolute atomic E-state index is 0.00287. The van der Waals surface area contributed by atoms with Gasteiger partial charge in [-0.2, -0.15) is 0 Å². The maximum Gasteiger partial charge on any atom is 0.305 e. The van der Waals surface area contributed by atoms with E-state index >= 15 is 0 Å². The van der Waals surface area contributed by atoms with Crippen LogP contribution in [0.4, 0.5) is 0 Å². The lowest BCUT2D eigenvalue weighted by molar-refractivity contribution is -0.140. The molecule has 0 aromatic carbocycles. The number of hydrogen-bond donors (Lipinski definition) is 2. The molecule has 106 valence electrons. The molecule has 0 radical (unpaired) electrons. The zero-order valence-electron chi connectivity index (χ0n) is 12.1. The van der Waals surface area contributed by atoms with E-state index in [1.807, 2.05) is 34.6 Å². The molecule has 0 atom stereocenters. The van der Waals surface area contributed by atoms with E-state index in [4.69, 9.17) is 5.11 Å². The second kappa shape index (κ2) is 7.36. The van der Waals surface area contributed by atoms with Crippen molar-refractivity contribution in [3.05, 3.63) is 0 Å². The molecule has 0 spiro atoms. The third-order valence-electron chi connectivity index (χ3n) is 2.55. The van der Waals surface area contributed by atoms with Gasteiger partial charge < -0.3 is 15.3 Å². The summed E-state index contributed by atoms with van der Waals surface area (Å²) in [5, 5.41) is 11.9. The number of nitrogens with one attached hydrogen (secondary N) is 1. The van der Waals surface area contributed by atoms with E-state index in [9.17, 15) is 9.59 Å². The zero-order chi connectivity index (χ0) is 14.3. The van der Waals surface area contributed by atoms with Crippen LogP contribution in [0.2, 0.25) is 0 Å². The Balaban J connectivity index is 4.37. The Kier molecular flexibility index (Phi) is 6.91. The Bertz CT molecular complexity index is 282. The molecule has 0 rings (SSSR count). The van der Waals surface area contributed by atoms with E-state index in [1.165, 1.54) is 0 Å². The van der Waals surface area contributed by atoms with Gasteiger partial charge in [0.15, 0.2) is 0 Å². The van der Waals surface area contributed by atoms with Crippen LogP contribution in [0.15, 0.2) is 0 Å². The first-order valence-electron chi connectivity index (χ1n) is 6.40. The van der Waals surface area contributed by atoms with E-state index in [0.717, 1.165) is 0 Å². The molecule has 5 heteroatoms. The van der Waals surface area contributed by atoms with Crippen LogP contribution in [0.3, 0.4) is 0 Å². The molecule has 2 N–H and O–H groups in total. The van der Waals surface area contributed by atoms with Crippen LogP contribution in [-0.4, -0.2) is 46.6 Å². The average Bonchev–Trinajstić information content (AvgIpc) is 2.14. The molecular weight excluding hydrogens is 232 g/mol. The van der Waals surface area contributed by atoms with Crippen molar-refractivity contribution < 1.29 is 14.7 Å². The number of carboxylic acid groups (broad SMARTS) is 1. The highest BCUT2D eigenvalue weighted by Crippen LogP contribution is 2.15. The summed E-state index contributed by atoms with van der Waals surface area (Å²) in [5.74, 6) is -0.880. The predicted octanol–water partition coefficient (Wildman–Crippen LogP) is 1.48. The fourth-order valence-corrected chi connectivity index (χ4v) is 1.64. The van der Waals surface area contributed by atoms with Gasteiger partial charge in [0.2, 0.25) is 5.91 Å². The molecule has 1 amide bonds. The molecular formula is C13H26N2O3. The molecule has 0 heterocycles. The van der Waals surface area contributed by atoms with Crippen LogP contribution < -0.4 is 5.32 Å². The number of carbonyl (C=O) groups is 2. The highest BCUT2D eigenvalue weighted by Gasteiger charge is 2.26. The van der Waals surface area contributed by atoms with Crippen molar-refractivity contribution in [3.63, 3.8) is 0 Å². The molecule has 0 aliphatic carbocycles. The summed E-state index contributed by atoms with van der Waals surface area (Å²) in [4.78, 5) is 24.3. The third-order valence-corrected chi connectivity index (χ3v) is 2.55. The molecule has 0 saturated carbocycles. The minimum atomic E-state index is -0.877. The summed E-state index contributed by atoms with van der Waals surface area (Å²) < 4.78 is 0. The maximum atomic E-state index is 12.1. The molecule has 0 aliphatic heterocycles. The van der Waals surface area contributed by atoms with Crippen molar-refractivity contribution in [2.75, 3.05) is 13.1 Å². The fraction of sp³-hybridized carbons (Fsp3) is 0.846. The van der Waals surface area contributed by atoms with Crippen molar-refractivity contribution in [3.8, 4) is 0 Å². The summed E-state index contributed by atoms with van der Waals surface area (Å²) in [7, 11) is 0. The van der Waals surface area contributed by atoms with Crippen molar-refractivity contribution in [1.29, 1.82) is 0 Å². The van der Waals surface area contributed by atoms with Crippen molar-refractivity contribution >= 4 is 11.9 Å². The highest BCUT2D eigenvalue weighted by atomic mass is 16.4. The Morgan fingerprint density at radius 2 is 1.78 bits per heavy atom. The Labute approximate surface area is 110 Å². The number of carbonyl (C=O) groups excluding carboxylic acids is 1. The van der Waals surface area contributed by atoms with E-state index in [-0.39, 0.29) is 24.4 Å². The standard InChI is InChI=1S/C13H26N2O3/c1-10(2)14-8-6-11(16)15(13(3,4)5)9-7-12(17)18/h10,14H,6-9H2,1-5H3,(H,17,18). The first kappa shape index (κ1) is 16.9. The molecule has 5 nitrogen and oxygen atoms in total. The topological polar surface area (TPSA) is 69.6 Å². The largest absolute Gasteiger partial charge is 0.481 e. The van der Waals surface area contributed by atoms with Crippen LogP contribution >= 0.6 is 0 Å². The van der Waals surface area contributed by atoms with Gasteiger partial charge in [-0.25, -0.2) is 0 Å². The fourth-order valence-electron chi connectivity index (χ4n) is 1.64. The van der Waals surface area contributed by atoms with Crippen LogP contribution in [0.5, 0.6) is 0 Å². The van der Waals surface area contributed by atoms with Gasteiger partial charge in [-0.3, -0.25) is 9.59 Å². The molecule has 0 aliphatic rings. The normalized spacial score (nSPS) is 11.7. The second-order valence-electron chi connectivity index (χ2n) is 5.72. The van der Waals surface area contributed by atoms with Crippen LogP contribution in [0.1, 0.15) is 47.5 Å². The van der Waals surface area contributed by atoms with Crippen LogP contribution in [0, 0.1) is 0 Å². The summed E-state index contributed by atoms with van der Waals surface area (Å²) in [5.41, 5.74) is -0.343. The smallest absolute Gasteiger partial charge is 0.305 e. The quantitative estimate of drug-likeness (QED) is 0.725. The lowest BCUT2D eigenvalue weighted by atomic mass is 10.0. The van der Waals surface area contributed by atoms with E-state index < -0.39 is 5.97 Å². The van der Waals surface area contributed by atoms with Gasteiger partial charge in [0.1, 0.15) is 0 Å². The summed E-state index contributed by atoms with van der Waals surface area (Å²) in [6.07, 6.45) is 0.385. The summed E-state index contributed by atoms with van der Waals surface area (Å²) in [6.45, 7) is 10.7. The number of hydrogen-bond acceptors (Lipinski definition) is 3. The average molecular weight is 258 g/mol. The van der Waals surface area contributed by atoms with Crippen LogP contribution in [-0.2, 0) is 9.59 Å². The van der Waals surface area contributed by atoms with Gasteiger partial charge in [-0.1, -0.05) is 13.8 Å². The first-order chi connectivity index (χ1) is 8.14. The number of amides is 1. The second-order valence-corrected chi connectivity index (χ2v) is 5.72. The van der Waals surface area contributed by atoms with E-state index in [2.05, 4.69) is 5.32 Å². The Hall–Kier alpha value is -1.10. The molecule has 18 heavy (non-hydrogen) atoms. The minimum Gasteiger partial charge on any atom is -0.481 e. The third kappa shape index (κ3) is 7.27. The molecule has 0 bridgehead atoms. The van der Waals surface area contributed by atoms with Crippen molar-refractivity contribution in [2.45, 2.75) is 59.0 Å². The molecule has 0 fully saturated rings. The zero-order valence-corrected chi connectivity index (χ0v) is 12.1. The maximum absolute atomic E-state index is 12.1. The van der Waals surface area contributed by atoms with Gasteiger partial charge in [0, 0.05) is 31.1 Å². The van der Waals surface area contributed by atoms with Crippen molar-refractivity contribution in [1.82, 2.24) is 10.2 Å². The van der Waals surface area contributed by atoms with Gasteiger partial charge in [0.25, 0.3) is 0 Å². The lowest BCUT2D eigenvalue weighted by Crippen LogP contribution is -2.47. The molecule has 0 aromatic heterocycles. The predicted molar refractivity (Wildman–Crippen MR) is 71.5 cm³/mol. The van der Waals surface area contributed by atoms with Gasteiger partial charge in [-0.05, 0) is 20.8 Å². The number of aliphatic carboxylic acids is 1. The molecule has 0 unspecified atom stereocenters. The summed E-state index contributed by atoms with van der Waals surface area (Å²) in [6, 6.07) is 0.347.